The molecule has 1 saturated heterocycles. The molecule has 1 N–H and O–H groups in total. The molecule has 4 nitrogen and oxygen atoms in total. The Labute approximate surface area is 124 Å². The van der Waals surface area contributed by atoms with Crippen molar-refractivity contribution in [1.82, 2.24) is 4.98 Å². The van der Waals surface area contributed by atoms with E-state index in [-0.39, 0.29) is 5.92 Å². The van der Waals surface area contributed by atoms with Crippen LogP contribution in [-0.2, 0) is 9.84 Å². The second-order valence-corrected chi connectivity index (χ2v) is 8.96. The van der Waals surface area contributed by atoms with Gasteiger partial charge in [-0.1, -0.05) is 27.3 Å². The first-order valence-corrected chi connectivity index (χ1v) is 9.45. The second-order valence-electron chi connectivity index (χ2n) is 4.78. The van der Waals surface area contributed by atoms with E-state index in [1.807, 2.05) is 18.2 Å². The van der Waals surface area contributed by atoms with Crippen LogP contribution in [0, 0.1) is 5.92 Å². The van der Waals surface area contributed by atoms with Gasteiger partial charge in [0.15, 0.2) is 15.0 Å². The molecule has 1 aliphatic heterocycles. The number of aromatic nitrogens is 1. The summed E-state index contributed by atoms with van der Waals surface area (Å²) in [5, 5.41) is 4.12. The third-order valence-corrected chi connectivity index (χ3v) is 6.53. The quantitative estimate of drug-likeness (QED) is 0.913. The Balaban J connectivity index is 1.69. The summed E-state index contributed by atoms with van der Waals surface area (Å²) in [4.78, 5) is 4.49. The number of hydrogen-bond donors (Lipinski definition) is 1. The fourth-order valence-corrected chi connectivity index (χ4v) is 5.53. The van der Waals surface area contributed by atoms with Crippen molar-refractivity contribution in [1.29, 1.82) is 0 Å². The third-order valence-electron chi connectivity index (χ3n) is 3.22. The van der Waals surface area contributed by atoms with Crippen LogP contribution in [0.25, 0.3) is 10.2 Å². The van der Waals surface area contributed by atoms with E-state index in [9.17, 15) is 8.42 Å². The fourth-order valence-electron chi connectivity index (χ4n) is 2.24. The monoisotopic (exact) mass is 360 g/mol. The topological polar surface area (TPSA) is 59.1 Å². The predicted octanol–water partition coefficient (Wildman–Crippen LogP) is 2.91. The van der Waals surface area contributed by atoms with Gasteiger partial charge in [0.25, 0.3) is 0 Å². The maximum atomic E-state index is 11.4. The molecule has 0 amide bonds. The molecule has 1 aromatic carbocycles. The average Bonchev–Trinajstić information content (AvgIpc) is 2.89. The summed E-state index contributed by atoms with van der Waals surface area (Å²) in [6, 6.07) is 5.98. The van der Waals surface area contributed by atoms with Crippen LogP contribution in [0.3, 0.4) is 0 Å². The molecule has 0 radical (unpaired) electrons. The van der Waals surface area contributed by atoms with Crippen molar-refractivity contribution in [2.45, 2.75) is 6.42 Å². The largest absolute Gasteiger partial charge is 0.361 e. The number of fused-ring (bicyclic) bond motifs is 1. The minimum absolute atomic E-state index is 0.212. The maximum absolute atomic E-state index is 11.4. The molecular formula is C12H13BrN2O2S2. The highest BCUT2D eigenvalue weighted by Gasteiger charge is 2.27. The SMILES string of the molecule is O=S1(=O)CCC(CNc2nc3ccc(Br)cc3s2)C1. The zero-order chi connectivity index (χ0) is 13.5. The Bertz CT molecular complexity index is 712. The van der Waals surface area contributed by atoms with Crippen LogP contribution in [0.5, 0.6) is 0 Å². The molecule has 1 atom stereocenters. The highest BCUT2D eigenvalue weighted by molar-refractivity contribution is 9.10. The molecule has 0 spiro atoms. The summed E-state index contributed by atoms with van der Waals surface area (Å²) in [7, 11) is -2.79. The van der Waals surface area contributed by atoms with Crippen molar-refractivity contribution in [2.75, 3.05) is 23.4 Å². The molecule has 0 saturated carbocycles. The van der Waals surface area contributed by atoms with Crippen molar-refractivity contribution in [2.24, 2.45) is 5.92 Å². The Hall–Kier alpha value is -0.660. The van der Waals surface area contributed by atoms with Gasteiger partial charge in [-0.3, -0.25) is 0 Å². The van der Waals surface area contributed by atoms with Crippen LogP contribution >= 0.6 is 27.3 Å². The van der Waals surface area contributed by atoms with Crippen molar-refractivity contribution in [3.05, 3.63) is 22.7 Å². The first kappa shape index (κ1) is 13.3. The molecule has 3 rings (SSSR count). The van der Waals surface area contributed by atoms with Crippen LogP contribution in [0.1, 0.15) is 6.42 Å². The van der Waals surface area contributed by atoms with Gasteiger partial charge >= 0.3 is 0 Å². The number of sulfone groups is 1. The number of nitrogens with one attached hydrogen (secondary N) is 1. The molecule has 7 heteroatoms. The van der Waals surface area contributed by atoms with Gasteiger partial charge in [-0.2, -0.15) is 0 Å². The second kappa shape index (κ2) is 5.03. The molecule has 102 valence electrons. The molecule has 2 heterocycles. The lowest BCUT2D eigenvalue weighted by Crippen LogP contribution is -2.15. The highest BCUT2D eigenvalue weighted by Crippen LogP contribution is 2.29. The van der Waals surface area contributed by atoms with E-state index in [1.165, 1.54) is 0 Å². The van der Waals surface area contributed by atoms with Crippen molar-refractivity contribution in [3.8, 4) is 0 Å². The van der Waals surface area contributed by atoms with Gasteiger partial charge in [0.2, 0.25) is 0 Å². The first-order valence-electron chi connectivity index (χ1n) is 6.02. The van der Waals surface area contributed by atoms with Gasteiger partial charge in [-0.05, 0) is 30.5 Å². The number of hydrogen-bond acceptors (Lipinski definition) is 5. The van der Waals surface area contributed by atoms with E-state index in [4.69, 9.17) is 0 Å². The van der Waals surface area contributed by atoms with Crippen molar-refractivity contribution < 1.29 is 8.42 Å². The van der Waals surface area contributed by atoms with Crippen molar-refractivity contribution >= 4 is 52.5 Å². The van der Waals surface area contributed by atoms with Crippen LogP contribution in [0.15, 0.2) is 22.7 Å². The summed E-state index contributed by atoms with van der Waals surface area (Å²) >= 11 is 5.03. The maximum Gasteiger partial charge on any atom is 0.183 e. The number of rotatable bonds is 3. The molecule has 0 aliphatic carbocycles. The van der Waals surface area contributed by atoms with Gasteiger partial charge in [-0.25, -0.2) is 13.4 Å². The molecule has 1 aliphatic rings. The molecule has 19 heavy (non-hydrogen) atoms. The number of anilines is 1. The third kappa shape index (κ3) is 3.09. The zero-order valence-corrected chi connectivity index (χ0v) is 13.3. The summed E-state index contributed by atoms with van der Waals surface area (Å²) < 4.78 is 24.9. The van der Waals surface area contributed by atoms with Crippen LogP contribution in [0.4, 0.5) is 5.13 Å². The van der Waals surface area contributed by atoms with E-state index in [2.05, 4.69) is 26.2 Å². The molecule has 2 aromatic rings. The van der Waals surface area contributed by atoms with Crippen LogP contribution in [-0.4, -0.2) is 31.5 Å². The van der Waals surface area contributed by atoms with Gasteiger partial charge in [0, 0.05) is 11.0 Å². The molecule has 0 bridgehead atoms. The lowest BCUT2D eigenvalue weighted by atomic mass is 10.1. The number of nitrogens with zero attached hydrogens (tertiary/aromatic N) is 1. The Morgan fingerprint density at radius 2 is 2.32 bits per heavy atom. The standard InChI is InChI=1S/C12H13BrN2O2S2/c13-9-1-2-10-11(5-9)18-12(15-10)14-6-8-3-4-19(16,17)7-8/h1-2,5,8H,3-4,6-7H2,(H,14,15). The number of halogens is 1. The van der Waals surface area contributed by atoms with Crippen molar-refractivity contribution in [3.63, 3.8) is 0 Å². The summed E-state index contributed by atoms with van der Waals surface area (Å²) in [5.41, 5.74) is 0.967. The van der Waals surface area contributed by atoms with E-state index < -0.39 is 9.84 Å². The highest BCUT2D eigenvalue weighted by atomic mass is 79.9. The lowest BCUT2D eigenvalue weighted by Gasteiger charge is -2.07. The lowest BCUT2D eigenvalue weighted by molar-refractivity contribution is 0.596. The Morgan fingerprint density at radius 1 is 1.47 bits per heavy atom. The predicted molar refractivity (Wildman–Crippen MR) is 82.6 cm³/mol. The zero-order valence-electron chi connectivity index (χ0n) is 10.1. The minimum atomic E-state index is -2.79. The normalized spacial score (nSPS) is 21.8. The van der Waals surface area contributed by atoms with Gasteiger partial charge in [0.1, 0.15) is 0 Å². The van der Waals surface area contributed by atoms with Gasteiger partial charge in [-0.15, -0.1) is 0 Å². The Morgan fingerprint density at radius 3 is 3.05 bits per heavy atom. The smallest absolute Gasteiger partial charge is 0.183 e. The van der Waals surface area contributed by atoms with Gasteiger partial charge < -0.3 is 5.32 Å². The van der Waals surface area contributed by atoms with E-state index in [1.54, 1.807) is 11.3 Å². The fraction of sp³-hybridized carbons (Fsp3) is 0.417. The van der Waals surface area contributed by atoms with E-state index in [0.717, 1.165) is 26.2 Å². The Kier molecular flexibility index (Phi) is 3.53. The minimum Gasteiger partial charge on any atom is -0.361 e. The molecular weight excluding hydrogens is 348 g/mol. The summed E-state index contributed by atoms with van der Waals surface area (Å²) in [6.45, 7) is 0.681. The summed E-state index contributed by atoms with van der Waals surface area (Å²) in [6.07, 6.45) is 0.756. The first-order chi connectivity index (χ1) is 9.02. The molecule has 1 unspecified atom stereocenters. The number of benzene rings is 1. The van der Waals surface area contributed by atoms with E-state index in [0.29, 0.717) is 18.1 Å². The molecule has 1 aromatic heterocycles. The average molecular weight is 361 g/mol. The number of thiazole rings is 1. The molecule has 1 fully saturated rings. The van der Waals surface area contributed by atoms with Crippen LogP contribution < -0.4 is 5.32 Å². The van der Waals surface area contributed by atoms with E-state index >= 15 is 0 Å². The van der Waals surface area contributed by atoms with Crippen LogP contribution in [0.2, 0.25) is 0 Å². The summed E-state index contributed by atoms with van der Waals surface area (Å²) in [5.74, 6) is 0.839. The van der Waals surface area contributed by atoms with Gasteiger partial charge in [0.05, 0.1) is 21.7 Å².